The van der Waals surface area contributed by atoms with E-state index in [1.165, 1.54) is 33.3 Å². The van der Waals surface area contributed by atoms with Crippen molar-refractivity contribution >= 4 is 33.0 Å². The molecule has 0 fully saturated rings. The molecule has 0 radical (unpaired) electrons. The first-order valence-electron chi connectivity index (χ1n) is 14.3. The van der Waals surface area contributed by atoms with Gasteiger partial charge in [0.15, 0.2) is 16.6 Å². The Bertz CT molecular complexity index is 2240. The summed E-state index contributed by atoms with van der Waals surface area (Å²) in [6.45, 7) is 2.17. The zero-order valence-corrected chi connectivity index (χ0v) is 23.6. The highest BCUT2D eigenvalue weighted by Crippen LogP contribution is 2.39. The topological polar surface area (TPSA) is 21.9 Å². The van der Waals surface area contributed by atoms with Crippen molar-refractivity contribution in [1.29, 1.82) is 0 Å². The number of aromatic nitrogens is 2. The molecule has 0 spiro atoms. The predicted octanol–water partition coefficient (Wildman–Crippen LogP) is 9.66. The fourth-order valence-corrected chi connectivity index (χ4v) is 6.31. The summed E-state index contributed by atoms with van der Waals surface area (Å²) in [5.41, 5.74) is 12.4. The van der Waals surface area contributed by atoms with E-state index in [4.69, 9.17) is 4.42 Å². The van der Waals surface area contributed by atoms with Gasteiger partial charge in [-0.3, -0.25) is 0 Å². The van der Waals surface area contributed by atoms with Gasteiger partial charge in [0.1, 0.15) is 16.8 Å². The van der Waals surface area contributed by atoms with Gasteiger partial charge in [-0.25, -0.2) is 4.57 Å². The standard InChI is InChI=1S/C39H29N2O/c1-26-16-25-33-32-12-6-9-15-36(32)42-38(33)37(26)39-40(2)34-13-7-8-14-35(34)41(39)31-23-21-30(22-24-31)29-19-17-28(18-20-29)27-10-4-3-5-11-27/h3-25H,1-2H3/q+1. The van der Waals surface area contributed by atoms with Gasteiger partial charge in [-0.2, -0.15) is 4.57 Å². The van der Waals surface area contributed by atoms with Crippen LogP contribution in [0.3, 0.4) is 0 Å². The van der Waals surface area contributed by atoms with E-state index in [1.54, 1.807) is 0 Å². The van der Waals surface area contributed by atoms with Crippen LogP contribution in [-0.4, -0.2) is 4.57 Å². The van der Waals surface area contributed by atoms with Crippen LogP contribution in [0, 0.1) is 6.92 Å². The summed E-state index contributed by atoms with van der Waals surface area (Å²) < 4.78 is 11.2. The van der Waals surface area contributed by atoms with Gasteiger partial charge >= 0.3 is 0 Å². The van der Waals surface area contributed by atoms with Crippen LogP contribution in [0.5, 0.6) is 0 Å². The monoisotopic (exact) mass is 541 g/mol. The van der Waals surface area contributed by atoms with Crippen LogP contribution < -0.4 is 4.57 Å². The van der Waals surface area contributed by atoms with Crippen LogP contribution in [0.1, 0.15) is 5.56 Å². The van der Waals surface area contributed by atoms with E-state index in [2.05, 4.69) is 157 Å². The maximum atomic E-state index is 6.55. The van der Waals surface area contributed by atoms with Crippen molar-refractivity contribution < 1.29 is 8.98 Å². The molecule has 0 atom stereocenters. The predicted molar refractivity (Wildman–Crippen MR) is 173 cm³/mol. The molecule has 3 heteroatoms. The van der Waals surface area contributed by atoms with Gasteiger partial charge in [0, 0.05) is 10.8 Å². The molecule has 0 aliphatic rings. The molecule has 6 aromatic carbocycles. The number of imidazole rings is 1. The number of para-hydroxylation sites is 3. The summed E-state index contributed by atoms with van der Waals surface area (Å²) in [7, 11) is 2.15. The molecule has 0 amide bonds. The van der Waals surface area contributed by atoms with Gasteiger partial charge in [0.25, 0.3) is 5.82 Å². The molecule has 0 bridgehead atoms. The molecule has 0 unspecified atom stereocenters. The second-order valence-electron chi connectivity index (χ2n) is 10.9. The van der Waals surface area contributed by atoms with Crippen LogP contribution in [-0.2, 0) is 7.05 Å². The number of nitrogens with zero attached hydrogens (tertiary/aromatic N) is 2. The lowest BCUT2D eigenvalue weighted by Gasteiger charge is -2.09. The molecule has 0 aliphatic heterocycles. The number of hydrogen-bond acceptors (Lipinski definition) is 1. The van der Waals surface area contributed by atoms with Crippen LogP contribution >= 0.6 is 0 Å². The summed E-state index contributed by atoms with van der Waals surface area (Å²) in [5, 5.41) is 2.28. The van der Waals surface area contributed by atoms with Crippen molar-refractivity contribution in [2.75, 3.05) is 0 Å². The molecule has 0 saturated heterocycles. The lowest BCUT2D eigenvalue weighted by Crippen LogP contribution is -2.30. The SMILES string of the molecule is Cc1ccc2c(oc3ccccc32)c1-c1n(-c2ccc(-c3ccc(-c4ccccc4)cc3)cc2)c2ccccc2[n+]1C. The third kappa shape index (κ3) is 3.78. The van der Waals surface area contributed by atoms with Gasteiger partial charge in [0.2, 0.25) is 0 Å². The second kappa shape index (κ2) is 9.60. The molecule has 3 nitrogen and oxygen atoms in total. The Balaban J connectivity index is 1.29. The third-order valence-electron chi connectivity index (χ3n) is 8.44. The summed E-state index contributed by atoms with van der Waals surface area (Å²) in [6.07, 6.45) is 0. The highest BCUT2D eigenvalue weighted by molar-refractivity contribution is 6.09. The third-order valence-corrected chi connectivity index (χ3v) is 8.44. The van der Waals surface area contributed by atoms with Crippen LogP contribution in [0.15, 0.2) is 144 Å². The number of furan rings is 1. The molecular formula is C39H29N2O+. The molecule has 8 aromatic rings. The summed E-state index contributed by atoms with van der Waals surface area (Å²) >= 11 is 0. The minimum atomic E-state index is 0.910. The van der Waals surface area contributed by atoms with E-state index in [0.29, 0.717) is 0 Å². The first kappa shape index (κ1) is 24.4. The highest BCUT2D eigenvalue weighted by Gasteiger charge is 2.30. The summed E-state index contributed by atoms with van der Waals surface area (Å²) in [6, 6.07) is 49.5. The van der Waals surface area contributed by atoms with Gasteiger partial charge in [0.05, 0.1) is 7.05 Å². The van der Waals surface area contributed by atoms with Crippen molar-refractivity contribution in [1.82, 2.24) is 4.57 Å². The van der Waals surface area contributed by atoms with E-state index >= 15 is 0 Å². The Morgan fingerprint density at radius 2 is 1.14 bits per heavy atom. The van der Waals surface area contributed by atoms with E-state index in [1.807, 2.05) is 6.07 Å². The van der Waals surface area contributed by atoms with Crippen LogP contribution in [0.2, 0.25) is 0 Å². The van der Waals surface area contributed by atoms with Gasteiger partial charge in [-0.1, -0.05) is 109 Å². The number of hydrogen-bond donors (Lipinski definition) is 0. The van der Waals surface area contributed by atoms with E-state index < -0.39 is 0 Å². The molecule has 2 heterocycles. The maximum absolute atomic E-state index is 6.55. The highest BCUT2D eigenvalue weighted by atomic mass is 16.3. The number of aryl methyl sites for hydroxylation is 2. The van der Waals surface area contributed by atoms with Gasteiger partial charge in [-0.15, -0.1) is 0 Å². The van der Waals surface area contributed by atoms with Crippen molar-refractivity contribution in [2.24, 2.45) is 7.05 Å². The Morgan fingerprint density at radius 1 is 0.548 bits per heavy atom. The fraction of sp³-hybridized carbons (Fsp3) is 0.0513. The second-order valence-corrected chi connectivity index (χ2v) is 10.9. The molecule has 0 aliphatic carbocycles. The number of rotatable bonds is 4. The van der Waals surface area contributed by atoms with Gasteiger partial charge < -0.3 is 4.42 Å². The smallest absolute Gasteiger partial charge is 0.298 e. The lowest BCUT2D eigenvalue weighted by atomic mass is 10.00. The number of benzene rings is 6. The van der Waals surface area contributed by atoms with Crippen molar-refractivity contribution in [3.63, 3.8) is 0 Å². The lowest BCUT2D eigenvalue weighted by molar-refractivity contribution is -0.633. The normalized spacial score (nSPS) is 11.6. The largest absolute Gasteiger partial charge is 0.455 e. The van der Waals surface area contributed by atoms with Crippen molar-refractivity contribution in [2.45, 2.75) is 6.92 Å². The first-order chi connectivity index (χ1) is 20.7. The molecule has 42 heavy (non-hydrogen) atoms. The van der Waals surface area contributed by atoms with Crippen molar-refractivity contribution in [3.05, 3.63) is 145 Å². The Kier molecular flexibility index (Phi) is 5.58. The van der Waals surface area contributed by atoms with Crippen molar-refractivity contribution in [3.8, 4) is 39.3 Å². The van der Waals surface area contributed by atoms with Gasteiger partial charge in [-0.05, 0) is 65.1 Å². The Labute approximate surface area is 244 Å². The molecule has 0 N–H and O–H groups in total. The Morgan fingerprint density at radius 3 is 1.88 bits per heavy atom. The average Bonchev–Trinajstić information content (AvgIpc) is 3.57. The molecule has 2 aromatic heterocycles. The summed E-state index contributed by atoms with van der Waals surface area (Å²) in [4.78, 5) is 0. The molecule has 8 rings (SSSR count). The Hall–Kier alpha value is -5.41. The summed E-state index contributed by atoms with van der Waals surface area (Å²) in [5.74, 6) is 1.10. The van der Waals surface area contributed by atoms with E-state index in [0.717, 1.165) is 44.5 Å². The van der Waals surface area contributed by atoms with E-state index in [-0.39, 0.29) is 0 Å². The number of fused-ring (bicyclic) bond motifs is 4. The first-order valence-corrected chi connectivity index (χ1v) is 14.3. The van der Waals surface area contributed by atoms with E-state index in [9.17, 15) is 0 Å². The fourth-order valence-electron chi connectivity index (χ4n) is 6.31. The zero-order chi connectivity index (χ0) is 28.2. The zero-order valence-electron chi connectivity index (χ0n) is 23.6. The quantitative estimate of drug-likeness (QED) is 0.203. The molecule has 200 valence electrons. The minimum absolute atomic E-state index is 0.910. The maximum Gasteiger partial charge on any atom is 0.298 e. The molecular weight excluding hydrogens is 512 g/mol. The molecule has 0 saturated carbocycles. The van der Waals surface area contributed by atoms with Crippen LogP contribution in [0.25, 0.3) is 72.3 Å². The minimum Gasteiger partial charge on any atom is -0.455 e. The van der Waals surface area contributed by atoms with Crippen LogP contribution in [0.4, 0.5) is 0 Å². The average molecular weight is 542 g/mol.